The molecule has 0 fully saturated rings. The summed E-state index contributed by atoms with van der Waals surface area (Å²) in [5, 5.41) is 2.30. The van der Waals surface area contributed by atoms with Gasteiger partial charge in [0.2, 0.25) is 5.69 Å². The van der Waals surface area contributed by atoms with Crippen molar-refractivity contribution in [3.8, 4) is 0 Å². The quantitative estimate of drug-likeness (QED) is 0.721. The highest BCUT2D eigenvalue weighted by atomic mass is 35.5. The highest BCUT2D eigenvalue weighted by molar-refractivity contribution is 5.42. The Balaban J connectivity index is 0.00000180. The maximum atomic E-state index is 2.30. The van der Waals surface area contributed by atoms with Crippen molar-refractivity contribution < 1.29 is 17.1 Å². The Morgan fingerprint density at radius 2 is 1.68 bits per heavy atom. The fourth-order valence-corrected chi connectivity index (χ4v) is 2.36. The number of rotatable bonds is 4. The average Bonchev–Trinajstić information content (AvgIpc) is 2.41. The number of hydrogen-bond acceptors (Lipinski definition) is 1. The van der Waals surface area contributed by atoms with Gasteiger partial charge in [0.1, 0.15) is 0 Å². The number of hydrogen-bond donors (Lipinski definition) is 0. The second-order valence-corrected chi connectivity index (χ2v) is 4.39. The zero-order chi connectivity index (χ0) is 13.0. The summed E-state index contributed by atoms with van der Waals surface area (Å²) in [4.78, 5) is 0. The van der Waals surface area contributed by atoms with Gasteiger partial charge in [-0.3, -0.25) is 0 Å². The minimum absolute atomic E-state index is 0. The van der Waals surface area contributed by atoms with Gasteiger partial charge in [-0.05, 0) is 32.0 Å². The molecule has 0 spiro atoms. The fraction of sp³-hybridized carbons (Fsp3) is 0.312. The Labute approximate surface area is 122 Å². The van der Waals surface area contributed by atoms with Crippen molar-refractivity contribution in [2.45, 2.75) is 27.2 Å². The highest BCUT2D eigenvalue weighted by Crippen LogP contribution is 2.12. The molecule has 19 heavy (non-hydrogen) atoms. The van der Waals surface area contributed by atoms with E-state index in [2.05, 4.69) is 79.1 Å². The van der Waals surface area contributed by atoms with Crippen LogP contribution in [0, 0.1) is 6.92 Å². The molecule has 0 saturated carbocycles. The van der Waals surface area contributed by atoms with Crippen LogP contribution < -0.4 is 22.1 Å². The van der Waals surface area contributed by atoms with E-state index in [9.17, 15) is 0 Å². The first-order chi connectivity index (χ1) is 8.77. The molecular weight excluding hydrogens is 256 g/mol. The van der Waals surface area contributed by atoms with Gasteiger partial charge in [0, 0.05) is 18.1 Å². The Morgan fingerprint density at radius 3 is 2.26 bits per heavy atom. The third-order valence-electron chi connectivity index (χ3n) is 3.25. The van der Waals surface area contributed by atoms with Gasteiger partial charge in [0.15, 0.2) is 6.20 Å². The molecule has 2 nitrogen and oxygen atoms in total. The molecule has 0 radical (unpaired) electrons. The zero-order valence-corrected chi connectivity index (χ0v) is 12.6. The lowest BCUT2D eigenvalue weighted by molar-refractivity contribution is -0.691. The number of para-hydroxylation sites is 1. The van der Waals surface area contributed by atoms with Gasteiger partial charge in [0.05, 0.1) is 12.2 Å². The van der Waals surface area contributed by atoms with Crippen LogP contribution in [-0.2, 0) is 6.42 Å². The molecule has 1 heterocycles. The minimum atomic E-state index is 0. The third-order valence-corrected chi connectivity index (χ3v) is 3.25. The number of pyridine rings is 1. The molecule has 0 N–H and O–H groups in total. The normalized spacial score (nSPS) is 9.84. The molecule has 0 bridgehead atoms. The van der Waals surface area contributed by atoms with Crippen LogP contribution in [0.25, 0.3) is 0 Å². The van der Waals surface area contributed by atoms with Gasteiger partial charge in [-0.2, -0.15) is 0 Å². The van der Waals surface area contributed by atoms with E-state index in [1.165, 1.54) is 16.9 Å². The Kier molecular flexibility index (Phi) is 5.84. The topological polar surface area (TPSA) is 7.12 Å². The van der Waals surface area contributed by atoms with Crippen LogP contribution in [-0.4, -0.2) is 6.54 Å². The standard InChI is InChI=1S/C16H21N2.ClH/c1-4-16-14(3)10-9-13-18(16)17(5-2)15-11-7-6-8-12-15;/h6-13H,4-5H2,1-3H3;1H/q+1;/p-1. The van der Waals surface area contributed by atoms with E-state index >= 15 is 0 Å². The summed E-state index contributed by atoms with van der Waals surface area (Å²) in [6, 6.07) is 14.8. The van der Waals surface area contributed by atoms with Gasteiger partial charge >= 0.3 is 0 Å². The molecule has 0 amide bonds. The number of anilines is 1. The maximum absolute atomic E-state index is 2.30. The molecule has 2 rings (SSSR count). The maximum Gasteiger partial charge on any atom is 0.214 e. The largest absolute Gasteiger partial charge is 1.00 e. The third kappa shape index (κ3) is 3.27. The van der Waals surface area contributed by atoms with Crippen molar-refractivity contribution in [1.29, 1.82) is 0 Å². The summed E-state index contributed by atoms with van der Waals surface area (Å²) in [5.41, 5.74) is 3.93. The van der Waals surface area contributed by atoms with Crippen LogP contribution in [0.15, 0.2) is 48.7 Å². The lowest BCUT2D eigenvalue weighted by Crippen LogP contribution is -3.00. The van der Waals surface area contributed by atoms with Crippen molar-refractivity contribution in [3.63, 3.8) is 0 Å². The molecule has 0 aliphatic heterocycles. The average molecular weight is 277 g/mol. The summed E-state index contributed by atoms with van der Waals surface area (Å²) in [7, 11) is 0. The SMILES string of the molecule is CCc1c(C)ccc[n+]1N(CC)c1ccccc1.[Cl-]. The second-order valence-electron chi connectivity index (χ2n) is 4.39. The van der Waals surface area contributed by atoms with E-state index in [0.717, 1.165) is 13.0 Å². The molecule has 1 aromatic carbocycles. The predicted molar refractivity (Wildman–Crippen MR) is 75.6 cm³/mol. The van der Waals surface area contributed by atoms with Crippen molar-refractivity contribution in [2.75, 3.05) is 11.6 Å². The van der Waals surface area contributed by atoms with Crippen molar-refractivity contribution in [2.24, 2.45) is 0 Å². The Hall–Kier alpha value is -1.54. The molecule has 102 valence electrons. The van der Waals surface area contributed by atoms with E-state index in [-0.39, 0.29) is 12.4 Å². The van der Waals surface area contributed by atoms with Crippen LogP contribution in [0.2, 0.25) is 0 Å². The monoisotopic (exact) mass is 276 g/mol. The number of nitrogens with zero attached hydrogens (tertiary/aromatic N) is 2. The number of aryl methyl sites for hydroxylation is 1. The fourth-order valence-electron chi connectivity index (χ4n) is 2.36. The van der Waals surface area contributed by atoms with Crippen LogP contribution in [0.4, 0.5) is 5.69 Å². The summed E-state index contributed by atoms with van der Waals surface area (Å²) in [5.74, 6) is 0. The summed E-state index contributed by atoms with van der Waals surface area (Å²) in [6.45, 7) is 7.51. The number of halogens is 1. The van der Waals surface area contributed by atoms with Crippen LogP contribution in [0.1, 0.15) is 25.1 Å². The van der Waals surface area contributed by atoms with Crippen molar-refractivity contribution >= 4 is 5.69 Å². The Morgan fingerprint density at radius 1 is 1.00 bits per heavy atom. The van der Waals surface area contributed by atoms with Gasteiger partial charge in [-0.1, -0.05) is 29.8 Å². The van der Waals surface area contributed by atoms with Crippen molar-refractivity contribution in [3.05, 3.63) is 59.9 Å². The van der Waals surface area contributed by atoms with Gasteiger partial charge < -0.3 is 12.4 Å². The van der Waals surface area contributed by atoms with Crippen LogP contribution >= 0.6 is 0 Å². The molecule has 3 heteroatoms. The van der Waals surface area contributed by atoms with Crippen molar-refractivity contribution in [1.82, 2.24) is 0 Å². The summed E-state index contributed by atoms with van der Waals surface area (Å²) < 4.78 is 2.27. The predicted octanol–water partition coefficient (Wildman–Crippen LogP) is 0.139. The van der Waals surface area contributed by atoms with E-state index in [0.29, 0.717) is 0 Å². The molecule has 0 aliphatic rings. The minimum Gasteiger partial charge on any atom is -1.00 e. The lowest BCUT2D eigenvalue weighted by atomic mass is 10.2. The molecule has 1 aromatic heterocycles. The summed E-state index contributed by atoms with van der Waals surface area (Å²) >= 11 is 0. The van der Waals surface area contributed by atoms with E-state index in [1.54, 1.807) is 0 Å². The first-order valence-corrected chi connectivity index (χ1v) is 6.61. The number of benzene rings is 1. The van der Waals surface area contributed by atoms with Gasteiger partial charge in [-0.25, -0.2) is 0 Å². The number of aromatic nitrogens is 1. The zero-order valence-electron chi connectivity index (χ0n) is 11.8. The smallest absolute Gasteiger partial charge is 0.214 e. The molecule has 0 aliphatic carbocycles. The summed E-state index contributed by atoms with van der Waals surface area (Å²) in [6.07, 6.45) is 3.18. The van der Waals surface area contributed by atoms with Crippen LogP contribution in [0.5, 0.6) is 0 Å². The van der Waals surface area contributed by atoms with Gasteiger partial charge in [-0.15, -0.1) is 5.01 Å². The van der Waals surface area contributed by atoms with E-state index < -0.39 is 0 Å². The molecule has 0 saturated heterocycles. The molecular formula is C16H21ClN2. The molecule has 0 unspecified atom stereocenters. The lowest BCUT2D eigenvalue weighted by Gasteiger charge is -2.18. The first-order valence-electron chi connectivity index (χ1n) is 6.61. The van der Waals surface area contributed by atoms with Crippen LogP contribution in [0.3, 0.4) is 0 Å². The van der Waals surface area contributed by atoms with E-state index in [1.807, 2.05) is 0 Å². The van der Waals surface area contributed by atoms with E-state index in [4.69, 9.17) is 0 Å². The second kappa shape index (κ2) is 7.15. The highest BCUT2D eigenvalue weighted by Gasteiger charge is 2.19. The first kappa shape index (κ1) is 15.5. The molecule has 0 atom stereocenters. The molecule has 2 aromatic rings. The Bertz CT molecular complexity index is 511. The van der Waals surface area contributed by atoms with Gasteiger partial charge in [0.25, 0.3) is 0 Å².